The number of carbonyl (C=O) groups is 1. The van der Waals surface area contributed by atoms with Crippen molar-refractivity contribution in [2.45, 2.75) is 19.9 Å². The molecule has 5 heteroatoms. The van der Waals surface area contributed by atoms with Gasteiger partial charge in [-0.25, -0.2) is 9.97 Å². The molecule has 1 amide bonds. The van der Waals surface area contributed by atoms with Crippen molar-refractivity contribution in [2.24, 2.45) is 0 Å². The fourth-order valence-electron chi connectivity index (χ4n) is 2.10. The molecule has 0 radical (unpaired) electrons. The van der Waals surface area contributed by atoms with Crippen molar-refractivity contribution in [1.29, 1.82) is 0 Å². The average Bonchev–Trinajstić information content (AvgIpc) is 2.90. The number of para-hydroxylation sites is 2. The summed E-state index contributed by atoms with van der Waals surface area (Å²) in [5.41, 5.74) is 2.88. The van der Waals surface area contributed by atoms with Crippen molar-refractivity contribution in [3.63, 3.8) is 0 Å². The topological polar surface area (TPSA) is 70.7 Å². The number of rotatable bonds is 3. The van der Waals surface area contributed by atoms with Crippen LogP contribution in [0, 0.1) is 0 Å². The second kappa shape index (κ2) is 5.36. The highest BCUT2D eigenvalue weighted by atomic mass is 16.1. The van der Waals surface area contributed by atoms with E-state index in [2.05, 4.69) is 20.3 Å². The van der Waals surface area contributed by atoms with Crippen LogP contribution < -0.4 is 5.32 Å². The number of nitrogens with zero attached hydrogens (tertiary/aromatic N) is 2. The van der Waals surface area contributed by atoms with Gasteiger partial charge in [-0.05, 0) is 38.1 Å². The molecule has 1 aromatic carbocycles. The summed E-state index contributed by atoms with van der Waals surface area (Å²) < 4.78 is 0. The Morgan fingerprint density at radius 3 is 2.67 bits per heavy atom. The largest absolute Gasteiger partial charge is 0.349 e. The first-order valence-electron chi connectivity index (χ1n) is 6.86. The monoisotopic (exact) mass is 280 g/mol. The second-order valence-corrected chi connectivity index (χ2v) is 5.14. The number of aromatic amines is 1. The van der Waals surface area contributed by atoms with E-state index in [9.17, 15) is 4.79 Å². The van der Waals surface area contributed by atoms with Crippen molar-refractivity contribution < 1.29 is 4.79 Å². The average molecular weight is 280 g/mol. The number of aromatic nitrogens is 3. The van der Waals surface area contributed by atoms with Gasteiger partial charge >= 0.3 is 0 Å². The van der Waals surface area contributed by atoms with E-state index in [1.807, 2.05) is 50.2 Å². The minimum atomic E-state index is -0.178. The van der Waals surface area contributed by atoms with Gasteiger partial charge in [0.05, 0.1) is 11.0 Å². The predicted octanol–water partition coefficient (Wildman–Crippen LogP) is 2.76. The molecule has 2 aromatic heterocycles. The van der Waals surface area contributed by atoms with Crippen molar-refractivity contribution >= 4 is 16.9 Å². The van der Waals surface area contributed by atoms with E-state index in [-0.39, 0.29) is 11.9 Å². The summed E-state index contributed by atoms with van der Waals surface area (Å²) in [4.78, 5) is 24.1. The molecule has 0 aliphatic carbocycles. The molecule has 0 bridgehead atoms. The molecule has 0 unspecified atom stereocenters. The number of carbonyl (C=O) groups excluding carboxylic acids is 1. The summed E-state index contributed by atoms with van der Waals surface area (Å²) in [7, 11) is 0. The highest BCUT2D eigenvalue weighted by Gasteiger charge is 2.11. The molecule has 3 rings (SSSR count). The van der Waals surface area contributed by atoms with Gasteiger partial charge < -0.3 is 10.3 Å². The molecule has 2 heterocycles. The number of hydrogen-bond donors (Lipinski definition) is 2. The molecule has 106 valence electrons. The lowest BCUT2D eigenvalue weighted by atomic mass is 10.2. The molecular formula is C16H16N4O. The third kappa shape index (κ3) is 2.76. The maximum absolute atomic E-state index is 12.0. The fraction of sp³-hybridized carbons (Fsp3) is 0.188. The van der Waals surface area contributed by atoms with Gasteiger partial charge in [-0.1, -0.05) is 18.2 Å². The molecule has 0 aliphatic rings. The Labute approximate surface area is 122 Å². The van der Waals surface area contributed by atoms with E-state index in [0.29, 0.717) is 17.2 Å². The summed E-state index contributed by atoms with van der Waals surface area (Å²) in [5, 5.41) is 2.83. The zero-order valence-corrected chi connectivity index (χ0v) is 11.9. The maximum Gasteiger partial charge on any atom is 0.270 e. The standard InChI is InChI=1S/C16H16N4O/c1-10(2)17-16(21)14-9-5-8-13(18-14)15-19-11-6-3-4-7-12(11)20-15/h3-10H,1-2H3,(H,17,21)(H,19,20). The molecule has 0 saturated carbocycles. The van der Waals surface area contributed by atoms with Gasteiger partial charge in [0.1, 0.15) is 11.4 Å². The lowest BCUT2D eigenvalue weighted by molar-refractivity contribution is 0.0938. The van der Waals surface area contributed by atoms with Crippen LogP contribution in [0.1, 0.15) is 24.3 Å². The van der Waals surface area contributed by atoms with Gasteiger partial charge in [0, 0.05) is 6.04 Å². The SMILES string of the molecule is CC(C)NC(=O)c1cccc(-c2nc3ccccc3[nH]2)n1. The van der Waals surface area contributed by atoms with Crippen LogP contribution in [0.15, 0.2) is 42.5 Å². The third-order valence-electron chi connectivity index (χ3n) is 3.03. The van der Waals surface area contributed by atoms with Gasteiger partial charge in [0.2, 0.25) is 0 Å². The summed E-state index contributed by atoms with van der Waals surface area (Å²) in [6.45, 7) is 3.84. The Kier molecular flexibility index (Phi) is 3.39. The van der Waals surface area contributed by atoms with Gasteiger partial charge in [0.15, 0.2) is 5.82 Å². The number of benzene rings is 1. The number of fused-ring (bicyclic) bond motifs is 1. The van der Waals surface area contributed by atoms with Gasteiger partial charge in [0.25, 0.3) is 5.91 Å². The lowest BCUT2D eigenvalue weighted by Gasteiger charge is -2.08. The summed E-state index contributed by atoms with van der Waals surface area (Å²) in [5.74, 6) is 0.485. The van der Waals surface area contributed by atoms with E-state index < -0.39 is 0 Å². The Morgan fingerprint density at radius 2 is 1.90 bits per heavy atom. The third-order valence-corrected chi connectivity index (χ3v) is 3.03. The van der Waals surface area contributed by atoms with Crippen LogP contribution >= 0.6 is 0 Å². The quantitative estimate of drug-likeness (QED) is 0.775. The van der Waals surface area contributed by atoms with Crippen LogP contribution in [0.2, 0.25) is 0 Å². The van der Waals surface area contributed by atoms with Crippen molar-refractivity contribution in [3.8, 4) is 11.5 Å². The molecule has 5 nitrogen and oxygen atoms in total. The first-order chi connectivity index (χ1) is 10.1. The number of pyridine rings is 1. The molecule has 2 N–H and O–H groups in total. The molecule has 3 aromatic rings. The van der Waals surface area contributed by atoms with E-state index in [4.69, 9.17) is 0 Å². The van der Waals surface area contributed by atoms with E-state index in [1.165, 1.54) is 0 Å². The van der Waals surface area contributed by atoms with Crippen LogP contribution in [-0.4, -0.2) is 26.9 Å². The lowest BCUT2D eigenvalue weighted by Crippen LogP contribution is -2.30. The normalized spacial score (nSPS) is 11.0. The molecular weight excluding hydrogens is 264 g/mol. The number of H-pyrrole nitrogens is 1. The van der Waals surface area contributed by atoms with Gasteiger partial charge in [-0.2, -0.15) is 0 Å². The Bertz CT molecular complexity index is 759. The van der Waals surface area contributed by atoms with E-state index >= 15 is 0 Å². The smallest absolute Gasteiger partial charge is 0.270 e. The molecule has 21 heavy (non-hydrogen) atoms. The fourth-order valence-corrected chi connectivity index (χ4v) is 2.10. The maximum atomic E-state index is 12.0. The van der Waals surface area contributed by atoms with Crippen LogP contribution in [0.3, 0.4) is 0 Å². The van der Waals surface area contributed by atoms with Crippen LogP contribution in [0.5, 0.6) is 0 Å². The second-order valence-electron chi connectivity index (χ2n) is 5.14. The number of amides is 1. The van der Waals surface area contributed by atoms with E-state index in [1.54, 1.807) is 6.07 Å². The Hall–Kier alpha value is -2.69. The molecule has 0 spiro atoms. The molecule has 0 atom stereocenters. The predicted molar refractivity (Wildman–Crippen MR) is 81.9 cm³/mol. The number of hydrogen-bond acceptors (Lipinski definition) is 3. The first kappa shape index (κ1) is 13.3. The molecule has 0 saturated heterocycles. The van der Waals surface area contributed by atoms with Crippen LogP contribution in [-0.2, 0) is 0 Å². The minimum absolute atomic E-state index is 0.0779. The first-order valence-corrected chi connectivity index (χ1v) is 6.86. The van der Waals surface area contributed by atoms with Crippen molar-refractivity contribution in [1.82, 2.24) is 20.3 Å². The van der Waals surface area contributed by atoms with Crippen LogP contribution in [0.25, 0.3) is 22.6 Å². The van der Waals surface area contributed by atoms with Crippen molar-refractivity contribution in [2.75, 3.05) is 0 Å². The molecule has 0 fully saturated rings. The number of nitrogens with one attached hydrogen (secondary N) is 2. The van der Waals surface area contributed by atoms with Crippen molar-refractivity contribution in [3.05, 3.63) is 48.2 Å². The van der Waals surface area contributed by atoms with E-state index in [0.717, 1.165) is 11.0 Å². The van der Waals surface area contributed by atoms with Gasteiger partial charge in [-0.15, -0.1) is 0 Å². The van der Waals surface area contributed by atoms with Gasteiger partial charge in [-0.3, -0.25) is 4.79 Å². The molecule has 0 aliphatic heterocycles. The van der Waals surface area contributed by atoms with Crippen LogP contribution in [0.4, 0.5) is 0 Å². The highest BCUT2D eigenvalue weighted by Crippen LogP contribution is 2.18. The minimum Gasteiger partial charge on any atom is -0.349 e. The summed E-state index contributed by atoms with van der Waals surface area (Å²) in [6, 6.07) is 13.2. The number of imidazole rings is 1. The Balaban J connectivity index is 1.97. The Morgan fingerprint density at radius 1 is 1.10 bits per heavy atom. The summed E-state index contributed by atoms with van der Waals surface area (Å²) in [6.07, 6.45) is 0. The summed E-state index contributed by atoms with van der Waals surface area (Å²) >= 11 is 0. The zero-order chi connectivity index (χ0) is 14.8. The zero-order valence-electron chi connectivity index (χ0n) is 11.9. The highest BCUT2D eigenvalue weighted by molar-refractivity contribution is 5.93.